The van der Waals surface area contributed by atoms with Crippen LogP contribution in [0.15, 0.2) is 23.3 Å². The number of nitrogens with zero attached hydrogens (tertiary/aromatic N) is 2. The summed E-state index contributed by atoms with van der Waals surface area (Å²) in [6.07, 6.45) is -4.08. The summed E-state index contributed by atoms with van der Waals surface area (Å²) in [5, 5.41) is 14.0. The Balaban J connectivity index is 3.04. The lowest BCUT2D eigenvalue weighted by Crippen LogP contribution is -2.24. The zero-order valence-electron chi connectivity index (χ0n) is 9.55. The highest BCUT2D eigenvalue weighted by Crippen LogP contribution is 2.32. The third kappa shape index (κ3) is 4.80. The summed E-state index contributed by atoms with van der Waals surface area (Å²) < 4.78 is 39.6. The average molecular weight is 292 g/mol. The molecule has 0 atom stereocenters. The predicted molar refractivity (Wildman–Crippen MR) is 60.1 cm³/mol. The van der Waals surface area contributed by atoms with E-state index in [1.807, 2.05) is 5.43 Å². The van der Waals surface area contributed by atoms with E-state index in [1.54, 1.807) is 0 Å². The molecule has 0 heterocycles. The lowest BCUT2D eigenvalue weighted by molar-refractivity contribution is -0.388. The van der Waals surface area contributed by atoms with Gasteiger partial charge in [-0.05, 0) is 12.1 Å². The topological polar surface area (TPSA) is 120 Å². The van der Waals surface area contributed by atoms with Crippen LogP contribution in [0.1, 0.15) is 5.56 Å². The summed E-state index contributed by atoms with van der Waals surface area (Å²) in [4.78, 5) is 19.9. The molecule has 0 saturated carbocycles. The number of hydrogen-bond donors (Lipinski definition) is 2. The van der Waals surface area contributed by atoms with E-state index in [9.17, 15) is 28.1 Å². The van der Waals surface area contributed by atoms with Gasteiger partial charge in [-0.25, -0.2) is 10.2 Å². The minimum Gasteiger partial charge on any atom is -0.398 e. The van der Waals surface area contributed by atoms with Gasteiger partial charge in [-0.2, -0.15) is 5.10 Å². The van der Waals surface area contributed by atoms with Crippen molar-refractivity contribution in [2.45, 2.75) is 6.36 Å². The first-order chi connectivity index (χ1) is 9.19. The number of rotatable bonds is 4. The molecule has 2 amide bonds. The van der Waals surface area contributed by atoms with E-state index in [-0.39, 0.29) is 5.56 Å². The van der Waals surface area contributed by atoms with Gasteiger partial charge in [0.05, 0.1) is 11.1 Å². The van der Waals surface area contributed by atoms with Gasteiger partial charge < -0.3 is 10.5 Å². The fraction of sp³-hybridized carbons (Fsp3) is 0.111. The number of amides is 2. The van der Waals surface area contributed by atoms with Crippen molar-refractivity contribution >= 4 is 17.9 Å². The molecule has 1 aromatic rings. The van der Waals surface area contributed by atoms with E-state index in [1.165, 1.54) is 0 Å². The number of nitro benzene ring substituents is 1. The molecule has 3 N–H and O–H groups in total. The fourth-order valence-electron chi connectivity index (χ4n) is 1.14. The summed E-state index contributed by atoms with van der Waals surface area (Å²) in [7, 11) is 0. The third-order valence-corrected chi connectivity index (χ3v) is 1.79. The molecule has 0 aliphatic rings. The SMILES string of the molecule is NC(=O)NN=Cc1ccc(OC(F)(F)F)c([N+](=O)[O-])c1. The van der Waals surface area contributed by atoms with Crippen LogP contribution in [0.2, 0.25) is 0 Å². The van der Waals surface area contributed by atoms with Crippen LogP contribution in [0.3, 0.4) is 0 Å². The van der Waals surface area contributed by atoms with E-state index in [0.29, 0.717) is 0 Å². The lowest BCUT2D eigenvalue weighted by Gasteiger charge is -2.09. The maximum atomic E-state index is 12.0. The van der Waals surface area contributed by atoms with Crippen LogP contribution in [0.25, 0.3) is 0 Å². The Labute approximate surface area is 109 Å². The maximum absolute atomic E-state index is 12.0. The summed E-state index contributed by atoms with van der Waals surface area (Å²) in [6.45, 7) is 0. The number of nitro groups is 1. The number of nitrogens with two attached hydrogens (primary N) is 1. The van der Waals surface area contributed by atoms with Gasteiger partial charge in [-0.15, -0.1) is 13.2 Å². The standard InChI is InChI=1S/C9H7F3N4O4/c10-9(11,12)20-7-2-1-5(3-6(7)16(18)19)4-14-15-8(13)17/h1-4H,(H3,13,15,17). The van der Waals surface area contributed by atoms with Crippen LogP contribution in [0, 0.1) is 10.1 Å². The highest BCUT2D eigenvalue weighted by atomic mass is 19.4. The fourth-order valence-corrected chi connectivity index (χ4v) is 1.14. The Hall–Kier alpha value is -2.85. The second kappa shape index (κ2) is 5.86. The van der Waals surface area contributed by atoms with E-state index in [4.69, 9.17) is 5.73 Å². The molecule has 0 radical (unpaired) electrons. The molecule has 1 rings (SSSR count). The number of ether oxygens (including phenoxy) is 1. The van der Waals surface area contributed by atoms with Crippen molar-refractivity contribution in [3.8, 4) is 5.75 Å². The van der Waals surface area contributed by atoms with Crippen molar-refractivity contribution in [1.29, 1.82) is 0 Å². The van der Waals surface area contributed by atoms with Gasteiger partial charge in [-0.3, -0.25) is 10.1 Å². The van der Waals surface area contributed by atoms with Crippen molar-refractivity contribution in [3.05, 3.63) is 33.9 Å². The molecule has 1 aromatic carbocycles. The maximum Gasteiger partial charge on any atom is 0.573 e. The smallest absolute Gasteiger partial charge is 0.398 e. The lowest BCUT2D eigenvalue weighted by atomic mass is 10.2. The van der Waals surface area contributed by atoms with E-state index < -0.39 is 28.8 Å². The highest BCUT2D eigenvalue weighted by Gasteiger charge is 2.34. The van der Waals surface area contributed by atoms with Gasteiger partial charge >= 0.3 is 18.1 Å². The number of nitrogens with one attached hydrogen (secondary N) is 1. The summed E-state index contributed by atoms with van der Waals surface area (Å²) in [5.41, 5.74) is 5.71. The van der Waals surface area contributed by atoms with Crippen LogP contribution in [0.4, 0.5) is 23.7 Å². The zero-order valence-corrected chi connectivity index (χ0v) is 9.55. The molecule has 11 heteroatoms. The largest absolute Gasteiger partial charge is 0.573 e. The van der Waals surface area contributed by atoms with Crippen LogP contribution in [-0.4, -0.2) is 23.5 Å². The Morgan fingerprint density at radius 3 is 2.65 bits per heavy atom. The van der Waals surface area contributed by atoms with Crippen LogP contribution >= 0.6 is 0 Å². The molecule has 0 aromatic heterocycles. The molecule has 0 bridgehead atoms. The van der Waals surface area contributed by atoms with Crippen molar-refractivity contribution in [2.24, 2.45) is 10.8 Å². The average Bonchev–Trinajstić information content (AvgIpc) is 2.28. The number of primary amides is 1. The van der Waals surface area contributed by atoms with Gasteiger partial charge in [-0.1, -0.05) is 0 Å². The van der Waals surface area contributed by atoms with Gasteiger partial charge in [0.2, 0.25) is 5.75 Å². The van der Waals surface area contributed by atoms with Gasteiger partial charge in [0.1, 0.15) is 0 Å². The van der Waals surface area contributed by atoms with Crippen LogP contribution in [-0.2, 0) is 0 Å². The van der Waals surface area contributed by atoms with Crippen molar-refractivity contribution in [1.82, 2.24) is 5.43 Å². The number of alkyl halides is 3. The molecule has 0 fully saturated rings. The first kappa shape index (κ1) is 15.2. The number of benzene rings is 1. The zero-order chi connectivity index (χ0) is 15.3. The number of hydrogen-bond acceptors (Lipinski definition) is 5. The molecule has 8 nitrogen and oxygen atoms in total. The monoisotopic (exact) mass is 292 g/mol. The molecular formula is C9H7F3N4O4. The van der Waals surface area contributed by atoms with Crippen molar-refractivity contribution in [3.63, 3.8) is 0 Å². The number of halogens is 3. The molecular weight excluding hydrogens is 285 g/mol. The van der Waals surface area contributed by atoms with E-state index in [0.717, 1.165) is 24.4 Å². The van der Waals surface area contributed by atoms with E-state index >= 15 is 0 Å². The predicted octanol–water partition coefficient (Wildman–Crippen LogP) is 1.50. The number of carbonyl (C=O) groups is 1. The molecule has 0 spiro atoms. The van der Waals surface area contributed by atoms with Crippen LogP contribution in [0.5, 0.6) is 5.75 Å². The minimum absolute atomic E-state index is 0.0694. The first-order valence-electron chi connectivity index (χ1n) is 4.82. The van der Waals surface area contributed by atoms with Crippen LogP contribution < -0.4 is 15.9 Å². The Bertz CT molecular complexity index is 559. The van der Waals surface area contributed by atoms with Crippen molar-refractivity contribution in [2.75, 3.05) is 0 Å². The van der Waals surface area contributed by atoms with Gasteiger partial charge in [0.15, 0.2) is 0 Å². The summed E-state index contributed by atoms with van der Waals surface area (Å²) in [6, 6.07) is 1.68. The second-order valence-electron chi connectivity index (χ2n) is 3.27. The molecule has 0 aliphatic heterocycles. The Kier molecular flexibility index (Phi) is 4.46. The molecule has 20 heavy (non-hydrogen) atoms. The molecule has 0 unspecified atom stereocenters. The minimum atomic E-state index is -5.05. The van der Waals surface area contributed by atoms with E-state index in [2.05, 4.69) is 9.84 Å². The number of carbonyl (C=O) groups excluding carboxylic acids is 1. The normalized spacial score (nSPS) is 11.3. The highest BCUT2D eigenvalue weighted by molar-refractivity contribution is 5.83. The van der Waals surface area contributed by atoms with Crippen molar-refractivity contribution < 1.29 is 27.6 Å². The molecule has 108 valence electrons. The number of urea groups is 1. The summed E-state index contributed by atoms with van der Waals surface area (Å²) in [5.74, 6) is -0.956. The quantitative estimate of drug-likeness (QED) is 0.496. The summed E-state index contributed by atoms with van der Waals surface area (Å²) >= 11 is 0. The third-order valence-electron chi connectivity index (χ3n) is 1.79. The van der Waals surface area contributed by atoms with Gasteiger partial charge in [0, 0.05) is 11.6 Å². The Morgan fingerprint density at radius 1 is 1.50 bits per heavy atom. The molecule has 0 saturated heterocycles. The second-order valence-corrected chi connectivity index (χ2v) is 3.27. The molecule has 0 aliphatic carbocycles. The van der Waals surface area contributed by atoms with Gasteiger partial charge in [0.25, 0.3) is 0 Å². The Morgan fingerprint density at radius 2 is 2.15 bits per heavy atom. The first-order valence-corrected chi connectivity index (χ1v) is 4.82. The number of hydrazone groups is 1.